The summed E-state index contributed by atoms with van der Waals surface area (Å²) in [6.07, 6.45) is -3.86. The fraction of sp³-hybridized carbons (Fsp3) is 0.0476. The summed E-state index contributed by atoms with van der Waals surface area (Å²) in [6.45, 7) is 0. The Bertz CT molecular complexity index is 1510. The second-order valence-corrected chi connectivity index (χ2v) is 11.0. The monoisotopic (exact) mass is 546 g/mol. The molecule has 0 saturated heterocycles. The average Bonchev–Trinajstić information content (AvgIpc) is 2.78. The maximum atomic E-state index is 13.4. The molecule has 0 aliphatic heterocycles. The van der Waals surface area contributed by atoms with E-state index < -0.39 is 58.0 Å². The van der Waals surface area contributed by atoms with Crippen molar-refractivity contribution in [2.75, 3.05) is 3.71 Å². The molecule has 0 spiro atoms. The highest BCUT2D eigenvalue weighted by atomic mass is 35.5. The van der Waals surface area contributed by atoms with Gasteiger partial charge in [0.25, 0.3) is 25.7 Å². The van der Waals surface area contributed by atoms with Crippen molar-refractivity contribution in [2.24, 2.45) is 0 Å². The quantitative estimate of drug-likeness (QED) is 0.287. The molecule has 0 amide bonds. The van der Waals surface area contributed by atoms with Crippen molar-refractivity contribution in [3.63, 3.8) is 0 Å². The molecule has 0 radical (unpaired) electrons. The van der Waals surface area contributed by atoms with Gasteiger partial charge in [-0.1, -0.05) is 48.0 Å². The second-order valence-electron chi connectivity index (χ2n) is 6.88. The zero-order chi connectivity index (χ0) is 26.0. The van der Waals surface area contributed by atoms with Crippen LogP contribution in [0.25, 0.3) is 6.08 Å². The van der Waals surface area contributed by atoms with Crippen molar-refractivity contribution >= 4 is 49.1 Å². The molecule has 8 nitrogen and oxygen atoms in total. The number of sulfonamides is 2. The normalized spacial score (nSPS) is 12.6. The first-order valence-corrected chi connectivity index (χ1v) is 12.7. The number of nitro benzene ring substituents is 1. The predicted molar refractivity (Wildman–Crippen MR) is 124 cm³/mol. The number of hydrogen-bond donors (Lipinski definition) is 0. The summed E-state index contributed by atoms with van der Waals surface area (Å²) >= 11 is 5.71. The molecule has 0 aliphatic rings. The van der Waals surface area contributed by atoms with Gasteiger partial charge in [-0.2, -0.15) is 16.9 Å². The lowest BCUT2D eigenvalue weighted by Gasteiger charge is -2.23. The summed E-state index contributed by atoms with van der Waals surface area (Å²) in [5.41, 5.74) is -2.64. The highest BCUT2D eigenvalue weighted by Gasteiger charge is 2.38. The Kier molecular flexibility index (Phi) is 7.24. The number of anilines is 1. The maximum Gasteiger partial charge on any atom is 0.416 e. The van der Waals surface area contributed by atoms with Gasteiger partial charge in [-0.25, -0.2) is 16.8 Å². The largest absolute Gasteiger partial charge is 0.416 e. The Morgan fingerprint density at radius 1 is 0.914 bits per heavy atom. The minimum atomic E-state index is -5.19. The summed E-state index contributed by atoms with van der Waals surface area (Å²) in [5, 5.41) is 11.3. The SMILES string of the molecule is O=[N+]([O-])c1cc(S(=O)(=O)N(c2cccc(C(F)(F)F)c2)S(=O)(=O)/C=C/c2ccccc2)ccc1Cl. The Labute approximate surface area is 203 Å². The van der Waals surface area contributed by atoms with Crippen molar-refractivity contribution in [1.82, 2.24) is 0 Å². The molecule has 0 N–H and O–H groups in total. The van der Waals surface area contributed by atoms with Crippen LogP contribution in [0.15, 0.2) is 83.1 Å². The molecule has 0 unspecified atom stereocenters. The molecule has 0 heterocycles. The highest BCUT2D eigenvalue weighted by molar-refractivity contribution is 8.11. The van der Waals surface area contributed by atoms with E-state index in [-0.39, 0.29) is 3.71 Å². The molecule has 0 atom stereocenters. The van der Waals surface area contributed by atoms with E-state index in [2.05, 4.69) is 0 Å². The van der Waals surface area contributed by atoms with Crippen molar-refractivity contribution in [2.45, 2.75) is 11.1 Å². The van der Waals surface area contributed by atoms with E-state index in [9.17, 15) is 40.1 Å². The zero-order valence-corrected chi connectivity index (χ0v) is 19.6. The summed E-state index contributed by atoms with van der Waals surface area (Å²) in [5.74, 6) is 0. The van der Waals surface area contributed by atoms with Gasteiger partial charge in [0, 0.05) is 6.07 Å². The summed E-state index contributed by atoms with van der Waals surface area (Å²) in [6, 6.07) is 12.7. The molecule has 184 valence electrons. The molecule has 0 aliphatic carbocycles. The van der Waals surface area contributed by atoms with Gasteiger partial charge in [-0.05, 0) is 42.0 Å². The first-order valence-electron chi connectivity index (χ1n) is 9.38. The number of hydrogen-bond acceptors (Lipinski definition) is 6. The van der Waals surface area contributed by atoms with Gasteiger partial charge < -0.3 is 0 Å². The highest BCUT2D eigenvalue weighted by Crippen LogP contribution is 2.36. The topological polar surface area (TPSA) is 115 Å². The van der Waals surface area contributed by atoms with Crippen LogP contribution in [0.3, 0.4) is 0 Å². The van der Waals surface area contributed by atoms with Crippen molar-refractivity contribution in [3.05, 3.63) is 104 Å². The van der Waals surface area contributed by atoms with E-state index in [1.807, 2.05) is 0 Å². The third-order valence-electron chi connectivity index (χ3n) is 4.48. The van der Waals surface area contributed by atoms with Gasteiger partial charge in [0.15, 0.2) is 0 Å². The van der Waals surface area contributed by atoms with Crippen LogP contribution in [0.2, 0.25) is 5.02 Å². The molecule has 3 aromatic rings. The van der Waals surface area contributed by atoms with Gasteiger partial charge in [0.05, 0.1) is 26.5 Å². The van der Waals surface area contributed by atoms with Gasteiger partial charge in [-0.3, -0.25) is 10.1 Å². The molecule has 0 fully saturated rings. The van der Waals surface area contributed by atoms with E-state index >= 15 is 0 Å². The number of alkyl halides is 3. The molecule has 0 saturated carbocycles. The first kappa shape index (κ1) is 26.2. The lowest BCUT2D eigenvalue weighted by molar-refractivity contribution is -0.384. The summed E-state index contributed by atoms with van der Waals surface area (Å²) in [7, 11) is -10.2. The number of nitrogens with zero attached hydrogens (tertiary/aromatic N) is 2. The van der Waals surface area contributed by atoms with Crippen LogP contribution < -0.4 is 3.71 Å². The average molecular weight is 547 g/mol. The molecule has 3 aromatic carbocycles. The molecule has 0 bridgehead atoms. The minimum Gasteiger partial charge on any atom is -0.258 e. The summed E-state index contributed by atoms with van der Waals surface area (Å²) < 4.78 is 92.8. The number of benzene rings is 3. The summed E-state index contributed by atoms with van der Waals surface area (Å²) in [4.78, 5) is 9.35. The standard InChI is InChI=1S/C21H14ClF3N2O6S2/c22-19-10-9-18(14-20(19)26(28)29)35(32,33)27(17-8-4-7-16(13-17)21(23,24)25)34(30,31)12-11-15-5-2-1-3-6-15/h1-14H/b12-11+. The van der Waals surface area contributed by atoms with Crippen LogP contribution in [-0.2, 0) is 26.2 Å². The van der Waals surface area contributed by atoms with E-state index in [0.717, 1.165) is 30.3 Å². The fourth-order valence-electron chi connectivity index (χ4n) is 2.89. The van der Waals surface area contributed by atoms with E-state index in [1.54, 1.807) is 18.2 Å². The lowest BCUT2D eigenvalue weighted by atomic mass is 10.2. The molecule has 14 heteroatoms. The Balaban J connectivity index is 2.25. The molecule has 3 rings (SSSR count). The van der Waals surface area contributed by atoms with Gasteiger partial charge in [0.2, 0.25) is 0 Å². The van der Waals surface area contributed by atoms with E-state index in [0.29, 0.717) is 29.2 Å². The lowest BCUT2D eigenvalue weighted by Crippen LogP contribution is -2.36. The number of halogens is 4. The van der Waals surface area contributed by atoms with Crippen LogP contribution in [0.4, 0.5) is 24.5 Å². The maximum absolute atomic E-state index is 13.4. The fourth-order valence-corrected chi connectivity index (χ4v) is 6.51. The van der Waals surface area contributed by atoms with E-state index in [1.165, 1.54) is 12.1 Å². The minimum absolute atomic E-state index is 0.221. The first-order chi connectivity index (χ1) is 16.2. The number of rotatable bonds is 7. The Morgan fingerprint density at radius 3 is 2.17 bits per heavy atom. The van der Waals surface area contributed by atoms with Crippen LogP contribution in [-0.4, -0.2) is 21.8 Å². The van der Waals surface area contributed by atoms with Crippen LogP contribution in [0, 0.1) is 10.1 Å². The van der Waals surface area contributed by atoms with Crippen molar-refractivity contribution in [1.29, 1.82) is 0 Å². The molecular weight excluding hydrogens is 533 g/mol. The van der Waals surface area contributed by atoms with Crippen LogP contribution in [0.5, 0.6) is 0 Å². The van der Waals surface area contributed by atoms with Crippen molar-refractivity contribution in [3.8, 4) is 0 Å². The van der Waals surface area contributed by atoms with Crippen LogP contribution >= 0.6 is 11.6 Å². The van der Waals surface area contributed by atoms with Crippen LogP contribution in [0.1, 0.15) is 11.1 Å². The Morgan fingerprint density at radius 2 is 1.57 bits per heavy atom. The smallest absolute Gasteiger partial charge is 0.258 e. The number of nitro groups is 1. The molecule has 35 heavy (non-hydrogen) atoms. The van der Waals surface area contributed by atoms with E-state index in [4.69, 9.17) is 11.6 Å². The van der Waals surface area contributed by atoms with Crippen molar-refractivity contribution < 1.29 is 34.9 Å². The van der Waals surface area contributed by atoms with Gasteiger partial charge in [-0.15, -0.1) is 0 Å². The van der Waals surface area contributed by atoms with Gasteiger partial charge >= 0.3 is 6.18 Å². The molecule has 0 aromatic heterocycles. The molecular formula is C21H14ClF3N2O6S2. The predicted octanol–water partition coefficient (Wildman–Crippen LogP) is 5.46. The Hall–Kier alpha value is -3.42. The third-order valence-corrected chi connectivity index (χ3v) is 8.66. The third kappa shape index (κ3) is 5.81. The second kappa shape index (κ2) is 9.68. The van der Waals surface area contributed by atoms with Gasteiger partial charge in [0.1, 0.15) is 5.02 Å². The zero-order valence-electron chi connectivity index (χ0n) is 17.3.